The third-order valence-corrected chi connectivity index (χ3v) is 2.75. The Morgan fingerprint density at radius 1 is 1.53 bits per heavy atom. The molecule has 17 heavy (non-hydrogen) atoms. The molecule has 2 amide bonds. The van der Waals surface area contributed by atoms with E-state index in [2.05, 4.69) is 4.98 Å². The minimum absolute atomic E-state index is 0.0529. The van der Waals surface area contributed by atoms with E-state index in [4.69, 9.17) is 4.74 Å². The van der Waals surface area contributed by atoms with E-state index in [0.29, 0.717) is 32.8 Å². The number of hydrogen-bond donors (Lipinski definition) is 0. The Labute approximate surface area is 101 Å². The molecule has 1 aromatic rings. The summed E-state index contributed by atoms with van der Waals surface area (Å²) in [6.07, 6.45) is 3.51. The molecule has 2 heterocycles. The molecular weight excluding hydrogens is 218 g/mol. The van der Waals surface area contributed by atoms with Gasteiger partial charge in [-0.25, -0.2) is 4.79 Å². The Morgan fingerprint density at radius 3 is 2.94 bits per heavy atom. The van der Waals surface area contributed by atoms with Gasteiger partial charge in [-0.2, -0.15) is 0 Å². The van der Waals surface area contributed by atoms with Gasteiger partial charge in [0, 0.05) is 39.1 Å². The van der Waals surface area contributed by atoms with Crippen molar-refractivity contribution < 1.29 is 9.53 Å². The molecule has 1 aliphatic heterocycles. The van der Waals surface area contributed by atoms with Crippen LogP contribution in [0.15, 0.2) is 24.5 Å². The number of morpholine rings is 1. The molecule has 0 N–H and O–H groups in total. The molecule has 0 aromatic carbocycles. The van der Waals surface area contributed by atoms with Crippen LogP contribution in [0.3, 0.4) is 0 Å². The average Bonchev–Trinajstić information content (AvgIpc) is 2.40. The van der Waals surface area contributed by atoms with Gasteiger partial charge in [-0.3, -0.25) is 4.98 Å². The number of carbonyl (C=O) groups excluding carboxylic acids is 1. The Bertz CT molecular complexity index is 363. The van der Waals surface area contributed by atoms with Gasteiger partial charge in [-0.05, 0) is 11.6 Å². The zero-order valence-electron chi connectivity index (χ0n) is 10.0. The number of urea groups is 1. The van der Waals surface area contributed by atoms with Gasteiger partial charge in [-0.15, -0.1) is 0 Å². The molecule has 0 radical (unpaired) electrons. The molecule has 1 fully saturated rings. The molecule has 0 bridgehead atoms. The van der Waals surface area contributed by atoms with E-state index in [9.17, 15) is 4.79 Å². The van der Waals surface area contributed by atoms with Crippen molar-refractivity contribution in [3.63, 3.8) is 0 Å². The van der Waals surface area contributed by atoms with Gasteiger partial charge < -0.3 is 14.5 Å². The van der Waals surface area contributed by atoms with Crippen molar-refractivity contribution in [2.75, 3.05) is 33.4 Å². The van der Waals surface area contributed by atoms with Gasteiger partial charge in [0.25, 0.3) is 0 Å². The van der Waals surface area contributed by atoms with Crippen molar-refractivity contribution in [1.82, 2.24) is 14.8 Å². The maximum absolute atomic E-state index is 12.1. The highest BCUT2D eigenvalue weighted by Crippen LogP contribution is 2.06. The third kappa shape index (κ3) is 3.17. The second-order valence-corrected chi connectivity index (χ2v) is 4.10. The lowest BCUT2D eigenvalue weighted by atomic mass is 10.3. The number of ether oxygens (including phenoxy) is 1. The highest BCUT2D eigenvalue weighted by atomic mass is 16.5. The molecule has 1 aromatic heterocycles. The Kier molecular flexibility index (Phi) is 3.93. The minimum atomic E-state index is 0.0529. The van der Waals surface area contributed by atoms with E-state index in [0.717, 1.165) is 5.56 Å². The van der Waals surface area contributed by atoms with E-state index in [1.807, 2.05) is 24.1 Å². The van der Waals surface area contributed by atoms with E-state index in [1.165, 1.54) is 0 Å². The second kappa shape index (κ2) is 5.63. The quantitative estimate of drug-likeness (QED) is 0.767. The molecule has 5 nitrogen and oxygen atoms in total. The predicted molar refractivity (Wildman–Crippen MR) is 63.5 cm³/mol. The Morgan fingerprint density at radius 2 is 2.29 bits per heavy atom. The van der Waals surface area contributed by atoms with Crippen LogP contribution in [0.5, 0.6) is 0 Å². The first kappa shape index (κ1) is 11.9. The van der Waals surface area contributed by atoms with Gasteiger partial charge in [0.1, 0.15) is 0 Å². The number of aromatic nitrogens is 1. The van der Waals surface area contributed by atoms with Gasteiger partial charge in [0.05, 0.1) is 13.2 Å². The van der Waals surface area contributed by atoms with E-state index in [-0.39, 0.29) is 6.03 Å². The monoisotopic (exact) mass is 235 g/mol. The summed E-state index contributed by atoms with van der Waals surface area (Å²) in [5, 5.41) is 0. The summed E-state index contributed by atoms with van der Waals surface area (Å²) in [7, 11) is 1.81. The van der Waals surface area contributed by atoms with Crippen LogP contribution in [0.25, 0.3) is 0 Å². The highest BCUT2D eigenvalue weighted by molar-refractivity contribution is 5.74. The summed E-state index contributed by atoms with van der Waals surface area (Å²) in [5.74, 6) is 0. The summed E-state index contributed by atoms with van der Waals surface area (Å²) >= 11 is 0. The number of amides is 2. The van der Waals surface area contributed by atoms with Crippen LogP contribution >= 0.6 is 0 Å². The van der Waals surface area contributed by atoms with E-state index in [1.54, 1.807) is 17.3 Å². The largest absolute Gasteiger partial charge is 0.378 e. The maximum atomic E-state index is 12.1. The van der Waals surface area contributed by atoms with Gasteiger partial charge in [0.2, 0.25) is 0 Å². The summed E-state index contributed by atoms with van der Waals surface area (Å²) in [6.45, 7) is 3.20. The van der Waals surface area contributed by atoms with Crippen molar-refractivity contribution >= 4 is 6.03 Å². The van der Waals surface area contributed by atoms with Crippen LogP contribution in [0, 0.1) is 0 Å². The number of rotatable bonds is 2. The molecule has 0 aliphatic carbocycles. The summed E-state index contributed by atoms with van der Waals surface area (Å²) in [6, 6.07) is 3.90. The van der Waals surface area contributed by atoms with Crippen LogP contribution in [0.1, 0.15) is 5.56 Å². The van der Waals surface area contributed by atoms with E-state index >= 15 is 0 Å². The molecule has 1 saturated heterocycles. The van der Waals surface area contributed by atoms with Gasteiger partial charge >= 0.3 is 6.03 Å². The number of carbonyl (C=O) groups is 1. The lowest BCUT2D eigenvalue weighted by Crippen LogP contribution is -2.46. The fourth-order valence-corrected chi connectivity index (χ4v) is 1.83. The average molecular weight is 235 g/mol. The zero-order valence-corrected chi connectivity index (χ0v) is 10.0. The number of hydrogen-bond acceptors (Lipinski definition) is 3. The van der Waals surface area contributed by atoms with Crippen molar-refractivity contribution in [2.24, 2.45) is 0 Å². The minimum Gasteiger partial charge on any atom is -0.378 e. The van der Waals surface area contributed by atoms with E-state index < -0.39 is 0 Å². The molecule has 0 saturated carbocycles. The highest BCUT2D eigenvalue weighted by Gasteiger charge is 2.20. The molecule has 0 spiro atoms. The molecule has 1 aliphatic rings. The third-order valence-electron chi connectivity index (χ3n) is 2.75. The summed E-state index contributed by atoms with van der Waals surface area (Å²) < 4.78 is 5.23. The first-order chi connectivity index (χ1) is 8.27. The molecule has 0 unspecified atom stereocenters. The topological polar surface area (TPSA) is 45.7 Å². The lowest BCUT2D eigenvalue weighted by Gasteiger charge is -2.31. The number of pyridine rings is 1. The van der Waals surface area contributed by atoms with Crippen molar-refractivity contribution in [3.05, 3.63) is 30.1 Å². The maximum Gasteiger partial charge on any atom is 0.320 e. The molecule has 5 heteroatoms. The standard InChI is InChI=1S/C12H17N3O2/c1-14(10-11-3-2-4-13-9-11)12(16)15-5-7-17-8-6-15/h2-4,9H,5-8,10H2,1H3. The first-order valence-electron chi connectivity index (χ1n) is 5.74. The summed E-state index contributed by atoms with van der Waals surface area (Å²) in [5.41, 5.74) is 1.04. The number of nitrogens with zero attached hydrogens (tertiary/aromatic N) is 3. The fraction of sp³-hybridized carbons (Fsp3) is 0.500. The Hall–Kier alpha value is -1.62. The Balaban J connectivity index is 1.90. The lowest BCUT2D eigenvalue weighted by molar-refractivity contribution is 0.0448. The van der Waals surface area contributed by atoms with Crippen molar-refractivity contribution in [3.8, 4) is 0 Å². The summed E-state index contributed by atoms with van der Waals surface area (Å²) in [4.78, 5) is 19.6. The molecule has 0 atom stereocenters. The van der Waals surface area contributed by atoms with Crippen LogP contribution < -0.4 is 0 Å². The smallest absolute Gasteiger partial charge is 0.320 e. The van der Waals surface area contributed by atoms with Crippen LogP contribution in [-0.4, -0.2) is 54.2 Å². The fourth-order valence-electron chi connectivity index (χ4n) is 1.83. The van der Waals surface area contributed by atoms with Crippen molar-refractivity contribution in [2.45, 2.75) is 6.54 Å². The van der Waals surface area contributed by atoms with Crippen LogP contribution in [0.2, 0.25) is 0 Å². The predicted octanol–water partition coefficient (Wildman–Crippen LogP) is 0.966. The van der Waals surface area contributed by atoms with Gasteiger partial charge in [-0.1, -0.05) is 6.07 Å². The second-order valence-electron chi connectivity index (χ2n) is 4.10. The SMILES string of the molecule is CN(Cc1cccnc1)C(=O)N1CCOCC1. The first-order valence-corrected chi connectivity index (χ1v) is 5.74. The van der Waals surface area contributed by atoms with Crippen molar-refractivity contribution in [1.29, 1.82) is 0 Å². The normalized spacial score (nSPS) is 15.7. The molecule has 92 valence electrons. The van der Waals surface area contributed by atoms with Gasteiger partial charge in [0.15, 0.2) is 0 Å². The zero-order chi connectivity index (χ0) is 12.1. The molecule has 2 rings (SSSR count). The van der Waals surface area contributed by atoms with Crippen LogP contribution in [-0.2, 0) is 11.3 Å². The van der Waals surface area contributed by atoms with Crippen LogP contribution in [0.4, 0.5) is 4.79 Å². The molecular formula is C12H17N3O2.